The van der Waals surface area contributed by atoms with E-state index in [1.54, 1.807) is 6.20 Å². The third kappa shape index (κ3) is 3.20. The Balaban J connectivity index is 1.91. The van der Waals surface area contributed by atoms with Crippen molar-refractivity contribution < 1.29 is 4.74 Å². The molecule has 0 amide bonds. The molecule has 104 valence electrons. The summed E-state index contributed by atoms with van der Waals surface area (Å²) in [4.78, 5) is 8.52. The average molecular weight is 342 g/mol. The van der Waals surface area contributed by atoms with Crippen molar-refractivity contribution in [1.82, 2.24) is 9.97 Å². The Hall–Kier alpha value is -2.40. The maximum atomic E-state index is 5.80. The first-order valence-corrected chi connectivity index (χ1v) is 7.13. The highest BCUT2D eigenvalue weighted by atomic mass is 79.9. The van der Waals surface area contributed by atoms with E-state index >= 15 is 0 Å². The van der Waals surface area contributed by atoms with Gasteiger partial charge in [-0.05, 0) is 40.2 Å². The van der Waals surface area contributed by atoms with Crippen molar-refractivity contribution in [2.24, 2.45) is 0 Å². The molecule has 0 bridgehead atoms. The molecule has 2 aromatic carbocycles. The number of nitrogen functional groups attached to an aromatic ring is 1. The van der Waals surface area contributed by atoms with Gasteiger partial charge in [0.05, 0.1) is 4.47 Å². The summed E-state index contributed by atoms with van der Waals surface area (Å²) in [6, 6.07) is 17.2. The predicted octanol–water partition coefficient (Wildman–Crippen LogP) is 4.28. The fourth-order valence-electron chi connectivity index (χ4n) is 1.84. The summed E-state index contributed by atoms with van der Waals surface area (Å²) in [7, 11) is 0. The SMILES string of the molecule is Nc1nc(-c2cccc(Oc3ccccc3)c2)ncc1Br. The molecule has 0 unspecified atom stereocenters. The van der Waals surface area contributed by atoms with Gasteiger partial charge in [0.25, 0.3) is 0 Å². The topological polar surface area (TPSA) is 61.0 Å². The Bertz CT molecular complexity index is 762. The maximum absolute atomic E-state index is 5.80. The standard InChI is InChI=1S/C16H12BrN3O/c17-14-10-19-16(20-15(14)18)11-5-4-8-13(9-11)21-12-6-2-1-3-7-12/h1-10H,(H2,18,19,20). The normalized spacial score (nSPS) is 10.3. The Morgan fingerprint density at radius 1 is 0.952 bits per heavy atom. The van der Waals surface area contributed by atoms with Crippen LogP contribution in [0.3, 0.4) is 0 Å². The lowest BCUT2D eigenvalue weighted by molar-refractivity contribution is 0.483. The lowest BCUT2D eigenvalue weighted by atomic mass is 10.2. The zero-order chi connectivity index (χ0) is 14.7. The first kappa shape index (κ1) is 13.6. The van der Waals surface area contributed by atoms with Gasteiger partial charge in [0.1, 0.15) is 17.3 Å². The third-order valence-electron chi connectivity index (χ3n) is 2.84. The number of anilines is 1. The van der Waals surface area contributed by atoms with Gasteiger partial charge in [0.2, 0.25) is 0 Å². The van der Waals surface area contributed by atoms with Gasteiger partial charge in [0.15, 0.2) is 5.82 Å². The number of ether oxygens (including phenoxy) is 1. The van der Waals surface area contributed by atoms with Gasteiger partial charge < -0.3 is 10.5 Å². The predicted molar refractivity (Wildman–Crippen MR) is 86.1 cm³/mol. The van der Waals surface area contributed by atoms with E-state index in [0.717, 1.165) is 17.1 Å². The Labute approximate surface area is 130 Å². The number of rotatable bonds is 3. The highest BCUT2D eigenvalue weighted by Crippen LogP contribution is 2.26. The molecule has 1 heterocycles. The molecule has 2 N–H and O–H groups in total. The molecule has 0 saturated heterocycles. The molecule has 0 saturated carbocycles. The smallest absolute Gasteiger partial charge is 0.161 e. The van der Waals surface area contributed by atoms with Crippen LogP contribution in [0.4, 0.5) is 5.82 Å². The summed E-state index contributed by atoms with van der Waals surface area (Å²) in [5, 5.41) is 0. The van der Waals surface area contributed by atoms with Gasteiger partial charge in [-0.25, -0.2) is 9.97 Å². The molecule has 4 nitrogen and oxygen atoms in total. The number of hydrogen-bond acceptors (Lipinski definition) is 4. The van der Waals surface area contributed by atoms with E-state index in [1.807, 2.05) is 54.6 Å². The number of para-hydroxylation sites is 1. The zero-order valence-corrected chi connectivity index (χ0v) is 12.6. The molecule has 21 heavy (non-hydrogen) atoms. The minimum atomic E-state index is 0.411. The zero-order valence-electron chi connectivity index (χ0n) is 11.0. The molecule has 0 aliphatic rings. The number of hydrogen-bond donors (Lipinski definition) is 1. The van der Waals surface area contributed by atoms with Crippen LogP contribution in [0.5, 0.6) is 11.5 Å². The van der Waals surface area contributed by atoms with E-state index in [-0.39, 0.29) is 0 Å². The van der Waals surface area contributed by atoms with Crippen molar-refractivity contribution in [3.8, 4) is 22.9 Å². The molecule has 0 fully saturated rings. The third-order valence-corrected chi connectivity index (χ3v) is 3.45. The van der Waals surface area contributed by atoms with E-state index in [2.05, 4.69) is 25.9 Å². The van der Waals surface area contributed by atoms with Crippen LogP contribution < -0.4 is 10.5 Å². The Kier molecular flexibility index (Phi) is 3.83. The van der Waals surface area contributed by atoms with Crippen LogP contribution in [-0.4, -0.2) is 9.97 Å². The fourth-order valence-corrected chi connectivity index (χ4v) is 2.03. The molecule has 0 aliphatic carbocycles. The molecule has 0 radical (unpaired) electrons. The maximum Gasteiger partial charge on any atom is 0.161 e. The average Bonchev–Trinajstić information content (AvgIpc) is 2.51. The minimum Gasteiger partial charge on any atom is -0.457 e. The van der Waals surface area contributed by atoms with Crippen LogP contribution >= 0.6 is 15.9 Å². The monoisotopic (exact) mass is 341 g/mol. The van der Waals surface area contributed by atoms with Gasteiger partial charge in [0, 0.05) is 11.8 Å². The summed E-state index contributed by atoms with van der Waals surface area (Å²) >= 11 is 3.29. The number of benzene rings is 2. The summed E-state index contributed by atoms with van der Waals surface area (Å²) in [6.07, 6.45) is 1.64. The molecule has 3 aromatic rings. The molecule has 0 spiro atoms. The largest absolute Gasteiger partial charge is 0.457 e. The van der Waals surface area contributed by atoms with Crippen LogP contribution in [0, 0.1) is 0 Å². The lowest BCUT2D eigenvalue weighted by Gasteiger charge is -2.07. The summed E-state index contributed by atoms with van der Waals surface area (Å²) in [5.74, 6) is 2.48. The van der Waals surface area contributed by atoms with Crippen LogP contribution in [-0.2, 0) is 0 Å². The molecule has 0 atom stereocenters. The van der Waals surface area contributed by atoms with E-state index in [4.69, 9.17) is 10.5 Å². The highest BCUT2D eigenvalue weighted by molar-refractivity contribution is 9.10. The Morgan fingerprint density at radius 2 is 1.71 bits per heavy atom. The quantitative estimate of drug-likeness (QED) is 0.772. The van der Waals surface area contributed by atoms with E-state index in [1.165, 1.54) is 0 Å². The molecular weight excluding hydrogens is 330 g/mol. The van der Waals surface area contributed by atoms with Crippen molar-refractivity contribution in [1.29, 1.82) is 0 Å². The molecule has 3 rings (SSSR count). The first-order chi connectivity index (χ1) is 10.2. The highest BCUT2D eigenvalue weighted by Gasteiger charge is 2.06. The van der Waals surface area contributed by atoms with Gasteiger partial charge >= 0.3 is 0 Å². The van der Waals surface area contributed by atoms with Gasteiger partial charge in [-0.15, -0.1) is 0 Å². The van der Waals surface area contributed by atoms with Gasteiger partial charge in [-0.3, -0.25) is 0 Å². The molecule has 0 aliphatic heterocycles. The first-order valence-electron chi connectivity index (χ1n) is 6.34. The summed E-state index contributed by atoms with van der Waals surface area (Å²) in [6.45, 7) is 0. The summed E-state index contributed by atoms with van der Waals surface area (Å²) < 4.78 is 6.48. The molecule has 5 heteroatoms. The van der Waals surface area contributed by atoms with Gasteiger partial charge in [-0.2, -0.15) is 0 Å². The second kappa shape index (κ2) is 5.93. The number of nitrogens with zero attached hydrogens (tertiary/aromatic N) is 2. The van der Waals surface area contributed by atoms with Crippen molar-refractivity contribution >= 4 is 21.7 Å². The van der Waals surface area contributed by atoms with E-state index in [9.17, 15) is 0 Å². The van der Waals surface area contributed by atoms with E-state index < -0.39 is 0 Å². The van der Waals surface area contributed by atoms with Crippen molar-refractivity contribution in [2.75, 3.05) is 5.73 Å². The van der Waals surface area contributed by atoms with Crippen LogP contribution in [0.25, 0.3) is 11.4 Å². The minimum absolute atomic E-state index is 0.411. The van der Waals surface area contributed by atoms with Crippen molar-refractivity contribution in [3.63, 3.8) is 0 Å². The Morgan fingerprint density at radius 3 is 2.48 bits per heavy atom. The van der Waals surface area contributed by atoms with Crippen LogP contribution in [0.2, 0.25) is 0 Å². The van der Waals surface area contributed by atoms with Gasteiger partial charge in [-0.1, -0.05) is 30.3 Å². The second-order valence-corrected chi connectivity index (χ2v) is 5.22. The van der Waals surface area contributed by atoms with Crippen molar-refractivity contribution in [3.05, 3.63) is 65.3 Å². The fraction of sp³-hybridized carbons (Fsp3) is 0. The van der Waals surface area contributed by atoms with E-state index in [0.29, 0.717) is 16.1 Å². The second-order valence-electron chi connectivity index (χ2n) is 4.37. The van der Waals surface area contributed by atoms with Crippen molar-refractivity contribution in [2.45, 2.75) is 0 Å². The summed E-state index contributed by atoms with van der Waals surface area (Å²) in [5.41, 5.74) is 6.64. The number of nitrogens with two attached hydrogens (primary N) is 1. The molecular formula is C16H12BrN3O. The molecule has 1 aromatic heterocycles. The van der Waals surface area contributed by atoms with Crippen LogP contribution in [0.1, 0.15) is 0 Å². The number of aromatic nitrogens is 2. The van der Waals surface area contributed by atoms with Crippen LogP contribution in [0.15, 0.2) is 65.3 Å². The lowest BCUT2D eigenvalue weighted by Crippen LogP contribution is -1.96. The number of halogens is 1.